The Morgan fingerprint density at radius 2 is 2.12 bits per heavy atom. The summed E-state index contributed by atoms with van der Waals surface area (Å²) in [6.07, 6.45) is 2.07. The van der Waals surface area contributed by atoms with Crippen molar-refractivity contribution in [3.8, 4) is 11.5 Å². The number of rotatable bonds is 3. The summed E-state index contributed by atoms with van der Waals surface area (Å²) in [7, 11) is 5.85. The molecule has 0 amide bonds. The van der Waals surface area contributed by atoms with Gasteiger partial charge in [-0.1, -0.05) is 0 Å². The zero-order valence-corrected chi connectivity index (χ0v) is 15.3. The second-order valence-corrected chi connectivity index (χ2v) is 8.28. The molecule has 2 aromatic rings. The summed E-state index contributed by atoms with van der Waals surface area (Å²) in [6.45, 7) is 3.11. The fourth-order valence-electron chi connectivity index (χ4n) is 3.98. The maximum absolute atomic E-state index is 10.2. The molecule has 0 saturated heterocycles. The molecule has 0 bridgehead atoms. The number of hydrogen-bond acceptors (Lipinski definition) is 5. The van der Waals surface area contributed by atoms with Crippen LogP contribution in [0.25, 0.3) is 0 Å². The molecule has 24 heavy (non-hydrogen) atoms. The Bertz CT molecular complexity index is 769. The summed E-state index contributed by atoms with van der Waals surface area (Å²) in [5, 5.41) is 10.2. The predicted octanol–water partition coefficient (Wildman–Crippen LogP) is 3.18. The molecule has 0 aliphatic carbocycles. The second kappa shape index (κ2) is 6.06. The standard InChI is InChI=1S/C19H24N2O2S/c1-20(2)11-14-6-13-10-21-5-4-12-7-18(23-3)17(22)8-15(12)16(21)9-19(13)24-14/h6-8,16,22H,4-5,9-11H2,1-3H3. The van der Waals surface area contributed by atoms with Crippen LogP contribution in [0.1, 0.15) is 32.5 Å². The molecule has 5 heteroatoms. The number of ether oxygens (including phenoxy) is 1. The Kier molecular flexibility index (Phi) is 4.03. The van der Waals surface area contributed by atoms with E-state index in [2.05, 4.69) is 30.0 Å². The molecule has 0 spiro atoms. The molecule has 2 aliphatic rings. The number of hydrogen-bond donors (Lipinski definition) is 1. The van der Waals surface area contributed by atoms with Crippen molar-refractivity contribution in [2.24, 2.45) is 0 Å². The zero-order valence-electron chi connectivity index (χ0n) is 14.5. The molecule has 0 fully saturated rings. The molecule has 3 heterocycles. The molecule has 0 saturated carbocycles. The number of phenols is 1. The van der Waals surface area contributed by atoms with Gasteiger partial charge in [-0.3, -0.25) is 4.90 Å². The summed E-state index contributed by atoms with van der Waals surface area (Å²) in [5.74, 6) is 0.839. The van der Waals surface area contributed by atoms with Gasteiger partial charge >= 0.3 is 0 Å². The SMILES string of the molecule is COc1cc2c(cc1O)C1Cc3sc(CN(C)C)cc3CN1CC2. The van der Waals surface area contributed by atoms with E-state index in [-0.39, 0.29) is 5.75 Å². The number of thiophene rings is 1. The number of aromatic hydroxyl groups is 1. The van der Waals surface area contributed by atoms with Crippen LogP contribution < -0.4 is 4.74 Å². The maximum atomic E-state index is 10.2. The summed E-state index contributed by atoms with van der Waals surface area (Å²) >= 11 is 1.95. The van der Waals surface area contributed by atoms with Gasteiger partial charge in [-0.05, 0) is 55.4 Å². The first-order valence-electron chi connectivity index (χ1n) is 8.44. The van der Waals surface area contributed by atoms with Crippen LogP contribution in [0.4, 0.5) is 0 Å². The van der Waals surface area contributed by atoms with E-state index in [0.29, 0.717) is 11.8 Å². The van der Waals surface area contributed by atoms with Gasteiger partial charge in [0.05, 0.1) is 7.11 Å². The fraction of sp³-hybridized carbons (Fsp3) is 0.474. The Hall–Kier alpha value is -1.56. The van der Waals surface area contributed by atoms with Crippen LogP contribution in [-0.2, 0) is 25.9 Å². The zero-order chi connectivity index (χ0) is 16.8. The van der Waals surface area contributed by atoms with Crippen LogP contribution >= 0.6 is 11.3 Å². The first kappa shape index (κ1) is 15.9. The van der Waals surface area contributed by atoms with Crippen molar-refractivity contribution < 1.29 is 9.84 Å². The predicted molar refractivity (Wildman–Crippen MR) is 96.9 cm³/mol. The maximum Gasteiger partial charge on any atom is 0.160 e. The lowest BCUT2D eigenvalue weighted by molar-refractivity contribution is 0.162. The molecule has 1 aromatic heterocycles. The highest BCUT2D eigenvalue weighted by molar-refractivity contribution is 7.12. The van der Waals surface area contributed by atoms with Crippen molar-refractivity contribution in [1.82, 2.24) is 9.80 Å². The third kappa shape index (κ3) is 2.70. The first-order chi connectivity index (χ1) is 11.5. The lowest BCUT2D eigenvalue weighted by Gasteiger charge is -2.40. The number of benzene rings is 1. The molecule has 128 valence electrons. The molecule has 4 nitrogen and oxygen atoms in total. The summed E-state index contributed by atoms with van der Waals surface area (Å²) < 4.78 is 5.28. The Morgan fingerprint density at radius 3 is 2.88 bits per heavy atom. The average Bonchev–Trinajstić information content (AvgIpc) is 2.92. The molecule has 1 N–H and O–H groups in total. The molecular formula is C19H24N2O2S. The van der Waals surface area contributed by atoms with Gasteiger partial charge in [-0.25, -0.2) is 0 Å². The third-order valence-electron chi connectivity index (χ3n) is 5.08. The summed E-state index contributed by atoms with van der Waals surface area (Å²) in [4.78, 5) is 7.74. The van der Waals surface area contributed by atoms with Gasteiger partial charge in [-0.2, -0.15) is 0 Å². The Morgan fingerprint density at radius 1 is 1.29 bits per heavy atom. The molecular weight excluding hydrogens is 320 g/mol. The van der Waals surface area contributed by atoms with Crippen LogP contribution in [-0.4, -0.2) is 42.7 Å². The van der Waals surface area contributed by atoms with Gasteiger partial charge in [0.1, 0.15) is 0 Å². The molecule has 0 radical (unpaired) electrons. The van der Waals surface area contributed by atoms with Crippen molar-refractivity contribution in [2.45, 2.75) is 32.0 Å². The quantitative estimate of drug-likeness (QED) is 0.928. The topological polar surface area (TPSA) is 35.9 Å². The van der Waals surface area contributed by atoms with Crippen molar-refractivity contribution in [2.75, 3.05) is 27.7 Å². The summed E-state index contributed by atoms with van der Waals surface area (Å²) in [6, 6.07) is 6.70. The van der Waals surface area contributed by atoms with Crippen LogP contribution in [0.15, 0.2) is 18.2 Å². The van der Waals surface area contributed by atoms with E-state index in [4.69, 9.17) is 4.74 Å². The van der Waals surface area contributed by atoms with Crippen molar-refractivity contribution >= 4 is 11.3 Å². The van der Waals surface area contributed by atoms with Crippen molar-refractivity contribution in [3.63, 3.8) is 0 Å². The fourth-order valence-corrected chi connectivity index (χ4v) is 5.32. The number of methoxy groups -OCH3 is 1. The van der Waals surface area contributed by atoms with Gasteiger partial charge in [0.2, 0.25) is 0 Å². The van der Waals surface area contributed by atoms with E-state index in [9.17, 15) is 5.11 Å². The van der Waals surface area contributed by atoms with E-state index in [1.54, 1.807) is 7.11 Å². The summed E-state index contributed by atoms with van der Waals surface area (Å²) in [5.41, 5.74) is 4.08. The molecule has 4 rings (SSSR count). The van der Waals surface area contributed by atoms with E-state index < -0.39 is 0 Å². The Labute approximate surface area is 147 Å². The Balaban J connectivity index is 1.67. The van der Waals surface area contributed by atoms with Gasteiger partial charge in [0, 0.05) is 41.9 Å². The van der Waals surface area contributed by atoms with Gasteiger partial charge in [0.25, 0.3) is 0 Å². The van der Waals surface area contributed by atoms with E-state index in [0.717, 1.165) is 32.5 Å². The highest BCUT2D eigenvalue weighted by Gasteiger charge is 2.33. The van der Waals surface area contributed by atoms with Crippen LogP contribution in [0.3, 0.4) is 0 Å². The monoisotopic (exact) mass is 344 g/mol. The van der Waals surface area contributed by atoms with E-state index >= 15 is 0 Å². The van der Waals surface area contributed by atoms with Gasteiger partial charge in [0.15, 0.2) is 11.5 Å². The van der Waals surface area contributed by atoms with Gasteiger partial charge in [-0.15, -0.1) is 11.3 Å². The molecule has 2 aliphatic heterocycles. The van der Waals surface area contributed by atoms with E-state index in [1.807, 2.05) is 23.5 Å². The van der Waals surface area contributed by atoms with Crippen LogP contribution in [0, 0.1) is 0 Å². The van der Waals surface area contributed by atoms with E-state index in [1.165, 1.54) is 26.4 Å². The largest absolute Gasteiger partial charge is 0.504 e. The lowest BCUT2D eigenvalue weighted by atomic mass is 9.86. The van der Waals surface area contributed by atoms with Crippen LogP contribution in [0.2, 0.25) is 0 Å². The number of phenolic OH excluding ortho intramolecular Hbond substituents is 1. The minimum Gasteiger partial charge on any atom is -0.504 e. The molecule has 1 unspecified atom stereocenters. The third-order valence-corrected chi connectivity index (χ3v) is 6.27. The highest BCUT2D eigenvalue weighted by atomic mass is 32.1. The highest BCUT2D eigenvalue weighted by Crippen LogP contribution is 2.43. The molecule has 1 atom stereocenters. The lowest BCUT2D eigenvalue weighted by Crippen LogP contribution is -2.38. The normalized spacial score (nSPS) is 19.8. The smallest absolute Gasteiger partial charge is 0.160 e. The first-order valence-corrected chi connectivity index (χ1v) is 9.26. The number of nitrogens with zero attached hydrogens (tertiary/aromatic N) is 2. The molecule has 1 aromatic carbocycles. The minimum atomic E-state index is 0.253. The minimum absolute atomic E-state index is 0.253. The van der Waals surface area contributed by atoms with Crippen molar-refractivity contribution in [1.29, 1.82) is 0 Å². The number of fused-ring (bicyclic) bond motifs is 4. The second-order valence-electron chi connectivity index (χ2n) is 7.06. The van der Waals surface area contributed by atoms with Crippen molar-refractivity contribution in [3.05, 3.63) is 44.6 Å². The average molecular weight is 344 g/mol. The van der Waals surface area contributed by atoms with Gasteiger partial charge < -0.3 is 14.7 Å². The van der Waals surface area contributed by atoms with Crippen LogP contribution in [0.5, 0.6) is 11.5 Å².